The normalized spacial score (nSPS) is 15.2. The van der Waals surface area contributed by atoms with Crippen LogP contribution in [-0.4, -0.2) is 40.0 Å². The van der Waals surface area contributed by atoms with Gasteiger partial charge in [-0.25, -0.2) is 9.37 Å². The summed E-state index contributed by atoms with van der Waals surface area (Å²) in [5, 5.41) is 20.2. The van der Waals surface area contributed by atoms with Crippen LogP contribution in [0, 0.1) is 11.2 Å². The lowest BCUT2D eigenvalue weighted by Gasteiger charge is -2.32. The highest BCUT2D eigenvalue weighted by molar-refractivity contribution is 7.57. The van der Waals surface area contributed by atoms with Crippen molar-refractivity contribution in [3.63, 3.8) is 0 Å². The molecule has 3 atom stereocenters. The molecule has 2 aromatic carbocycles. The van der Waals surface area contributed by atoms with E-state index in [9.17, 15) is 24.1 Å². The number of ether oxygens (including phenoxy) is 2. The summed E-state index contributed by atoms with van der Waals surface area (Å²) < 4.78 is 38.1. The maximum Gasteiger partial charge on any atom is 0.213 e. The van der Waals surface area contributed by atoms with Crippen LogP contribution in [0.3, 0.4) is 0 Å². The molecular formula is C27H33FNO6P. The zero-order valence-electron chi connectivity index (χ0n) is 21.1. The van der Waals surface area contributed by atoms with Crippen LogP contribution in [0.4, 0.5) is 4.39 Å². The number of hydrogen-bond donors (Lipinski definition) is 3. The second-order valence-electron chi connectivity index (χ2n) is 10.0. The van der Waals surface area contributed by atoms with Crippen molar-refractivity contribution < 1.29 is 33.5 Å². The Kier molecular flexibility index (Phi) is 8.57. The first-order chi connectivity index (χ1) is 16.8. The second-order valence-corrected chi connectivity index (χ2v) is 12.5. The molecule has 0 bridgehead atoms. The molecule has 36 heavy (non-hydrogen) atoms. The fourth-order valence-corrected chi connectivity index (χ4v) is 4.98. The Morgan fingerprint density at radius 1 is 1.08 bits per heavy atom. The molecule has 3 N–H and O–H groups in total. The lowest BCUT2D eigenvalue weighted by atomic mass is 9.81. The van der Waals surface area contributed by atoms with Gasteiger partial charge in [-0.1, -0.05) is 32.9 Å². The van der Waals surface area contributed by atoms with Crippen LogP contribution in [-0.2, 0) is 15.9 Å². The minimum absolute atomic E-state index is 0.0387. The molecule has 0 fully saturated rings. The van der Waals surface area contributed by atoms with E-state index in [1.54, 1.807) is 25.3 Å². The minimum Gasteiger partial charge on any atom is -0.508 e. The summed E-state index contributed by atoms with van der Waals surface area (Å²) in [6.45, 7) is 7.40. The number of nitrogens with zero attached hydrogens (tertiary/aromatic N) is 1. The molecule has 0 aliphatic heterocycles. The summed E-state index contributed by atoms with van der Waals surface area (Å²) in [5.74, 6) is -0.247. The molecule has 2 unspecified atom stereocenters. The number of methoxy groups -OCH3 is 1. The van der Waals surface area contributed by atoms with E-state index in [1.165, 1.54) is 37.1 Å². The number of aromatic nitrogens is 1. The van der Waals surface area contributed by atoms with Crippen molar-refractivity contribution in [3.05, 3.63) is 77.2 Å². The van der Waals surface area contributed by atoms with Gasteiger partial charge in [0, 0.05) is 31.6 Å². The van der Waals surface area contributed by atoms with Crippen LogP contribution in [0.15, 0.2) is 54.7 Å². The largest absolute Gasteiger partial charge is 0.508 e. The number of rotatable bonds is 9. The van der Waals surface area contributed by atoms with Crippen LogP contribution < -0.4 is 4.74 Å². The highest BCUT2D eigenvalue weighted by atomic mass is 31.2. The number of aliphatic hydroxyl groups is 1. The van der Waals surface area contributed by atoms with Crippen LogP contribution in [0.2, 0.25) is 0 Å². The first-order valence-electron chi connectivity index (χ1n) is 11.5. The number of pyridine rings is 1. The Labute approximate surface area is 211 Å². The number of hydrogen-bond acceptors (Lipinski definition) is 6. The summed E-state index contributed by atoms with van der Waals surface area (Å²) in [7, 11) is -1.80. The van der Waals surface area contributed by atoms with Gasteiger partial charge in [0.25, 0.3) is 0 Å². The van der Waals surface area contributed by atoms with Crippen molar-refractivity contribution in [2.24, 2.45) is 5.41 Å². The van der Waals surface area contributed by atoms with Gasteiger partial charge in [0.05, 0.1) is 18.4 Å². The zero-order valence-corrected chi connectivity index (χ0v) is 22.0. The van der Waals surface area contributed by atoms with Crippen molar-refractivity contribution >= 4 is 7.37 Å². The molecule has 0 aliphatic rings. The van der Waals surface area contributed by atoms with Crippen LogP contribution in [0.25, 0.3) is 11.1 Å². The summed E-state index contributed by atoms with van der Waals surface area (Å²) >= 11 is 0. The van der Waals surface area contributed by atoms with Crippen molar-refractivity contribution in [2.45, 2.75) is 39.6 Å². The highest BCUT2D eigenvalue weighted by Gasteiger charge is 2.29. The molecule has 3 rings (SSSR count). The summed E-state index contributed by atoms with van der Waals surface area (Å²) in [6, 6.07) is 12.5. The van der Waals surface area contributed by atoms with E-state index >= 15 is 0 Å². The summed E-state index contributed by atoms with van der Waals surface area (Å²) in [6.07, 6.45) is -0.300. The Bertz CT molecular complexity index is 1250. The van der Waals surface area contributed by atoms with Gasteiger partial charge in [0.2, 0.25) is 13.2 Å². The first-order valence-corrected chi connectivity index (χ1v) is 13.8. The fourth-order valence-electron chi connectivity index (χ4n) is 4.13. The number of benzene rings is 2. The topological polar surface area (TPSA) is 109 Å². The molecule has 0 spiro atoms. The number of aromatic hydroxyl groups is 1. The molecule has 3 aromatic rings. The standard InChI is InChI=1S/C27H33FNO6P/c1-27(2,3)26(34-4)22-12-17(6-8-20(22)21-14-19(30)7-9-23(21)28)15-35-25-13-18(10-11-29-25)24(31)16-36(5,32)33/h6-14,24,26,30-31H,15-16H2,1-5H3,(H,32,33)/t24-,26?/m1/s1. The van der Waals surface area contributed by atoms with Gasteiger partial charge in [-0.15, -0.1) is 0 Å². The SMILES string of the molecule is COC(c1cc(COc2cc([C@H](O)CP(C)(=O)O)ccn2)ccc1-c1cc(O)ccc1F)C(C)(C)C. The minimum atomic E-state index is -3.40. The van der Waals surface area contributed by atoms with Gasteiger partial charge in [0.15, 0.2) is 0 Å². The molecule has 0 aliphatic carbocycles. The van der Waals surface area contributed by atoms with Crippen LogP contribution in [0.1, 0.15) is 49.7 Å². The molecule has 9 heteroatoms. The maximum atomic E-state index is 14.7. The molecule has 1 aromatic heterocycles. The Balaban J connectivity index is 1.93. The van der Waals surface area contributed by atoms with E-state index in [1.807, 2.05) is 26.8 Å². The van der Waals surface area contributed by atoms with Gasteiger partial charge in [-0.05, 0) is 58.0 Å². The van der Waals surface area contributed by atoms with Crippen molar-refractivity contribution in [3.8, 4) is 22.8 Å². The van der Waals surface area contributed by atoms with E-state index in [0.29, 0.717) is 11.1 Å². The number of phenolic OH excluding ortho intramolecular Hbond substituents is 1. The molecule has 194 valence electrons. The Hall–Kier alpha value is -2.77. The average molecular weight is 518 g/mol. The van der Waals surface area contributed by atoms with Crippen molar-refractivity contribution in [2.75, 3.05) is 19.9 Å². The predicted molar refractivity (Wildman–Crippen MR) is 137 cm³/mol. The van der Waals surface area contributed by atoms with Crippen LogP contribution >= 0.6 is 7.37 Å². The molecule has 0 radical (unpaired) electrons. The smallest absolute Gasteiger partial charge is 0.213 e. The number of halogens is 1. The van der Waals surface area contributed by atoms with Crippen molar-refractivity contribution in [1.82, 2.24) is 4.98 Å². The summed E-state index contributed by atoms with van der Waals surface area (Å²) in [5.41, 5.74) is 2.51. The van der Waals surface area contributed by atoms with Gasteiger partial charge in [-0.2, -0.15) is 0 Å². The number of aliphatic hydroxyl groups excluding tert-OH is 1. The van der Waals surface area contributed by atoms with Crippen LogP contribution in [0.5, 0.6) is 11.6 Å². The lowest BCUT2D eigenvalue weighted by Crippen LogP contribution is -2.21. The van der Waals surface area contributed by atoms with E-state index in [4.69, 9.17) is 9.47 Å². The monoisotopic (exact) mass is 517 g/mol. The molecule has 0 saturated heterocycles. The fraction of sp³-hybridized carbons (Fsp3) is 0.370. The predicted octanol–water partition coefficient (Wildman–Crippen LogP) is 5.84. The third kappa shape index (κ3) is 7.14. The average Bonchev–Trinajstić information content (AvgIpc) is 2.78. The molecule has 0 saturated carbocycles. The van der Waals surface area contributed by atoms with E-state index < -0.39 is 19.3 Å². The summed E-state index contributed by atoms with van der Waals surface area (Å²) in [4.78, 5) is 13.7. The van der Waals surface area contributed by atoms with Gasteiger partial charge >= 0.3 is 0 Å². The Morgan fingerprint density at radius 3 is 2.44 bits per heavy atom. The molecule has 1 heterocycles. The van der Waals surface area contributed by atoms with E-state index in [-0.39, 0.29) is 41.5 Å². The van der Waals surface area contributed by atoms with Crippen molar-refractivity contribution in [1.29, 1.82) is 0 Å². The maximum absolute atomic E-state index is 14.7. The highest BCUT2D eigenvalue weighted by Crippen LogP contribution is 2.42. The Morgan fingerprint density at radius 2 is 1.81 bits per heavy atom. The van der Waals surface area contributed by atoms with Gasteiger partial charge in [-0.3, -0.25) is 4.57 Å². The van der Waals surface area contributed by atoms with E-state index in [0.717, 1.165) is 11.1 Å². The van der Waals surface area contributed by atoms with Gasteiger partial charge < -0.3 is 24.6 Å². The second kappa shape index (κ2) is 11.1. The lowest BCUT2D eigenvalue weighted by molar-refractivity contribution is 0.0155. The molecular weight excluding hydrogens is 484 g/mol. The van der Waals surface area contributed by atoms with Gasteiger partial charge in [0.1, 0.15) is 18.2 Å². The molecule has 0 amide bonds. The number of phenols is 1. The third-order valence-electron chi connectivity index (χ3n) is 5.70. The first kappa shape index (κ1) is 27.8. The zero-order chi connectivity index (χ0) is 26.7. The molecule has 7 nitrogen and oxygen atoms in total. The third-order valence-corrected chi connectivity index (χ3v) is 6.73. The quantitative estimate of drug-likeness (QED) is 0.306. The van der Waals surface area contributed by atoms with E-state index in [2.05, 4.69) is 4.98 Å².